The number of allylic oxidation sites excluding steroid dienone is 1. The van der Waals surface area contributed by atoms with Crippen LogP contribution in [-0.2, 0) is 27.3 Å². The summed E-state index contributed by atoms with van der Waals surface area (Å²) in [7, 11) is 6.52. The third-order valence-electron chi connectivity index (χ3n) is 6.03. The van der Waals surface area contributed by atoms with Crippen LogP contribution in [0.3, 0.4) is 0 Å². The Labute approximate surface area is 209 Å². The van der Waals surface area contributed by atoms with E-state index in [0.29, 0.717) is 5.88 Å². The van der Waals surface area contributed by atoms with E-state index in [1.165, 1.54) is 16.7 Å². The fraction of sp³-hybridized carbons (Fsp3) is 0.481. The Morgan fingerprint density at radius 3 is 2.23 bits per heavy atom. The van der Waals surface area contributed by atoms with Crippen LogP contribution in [-0.4, -0.2) is 45.6 Å². The van der Waals surface area contributed by atoms with Crippen molar-refractivity contribution in [1.82, 2.24) is 16.1 Å². The number of hydrazine groups is 1. The highest BCUT2D eigenvalue weighted by Crippen LogP contribution is 2.39. The van der Waals surface area contributed by atoms with E-state index in [2.05, 4.69) is 52.5 Å². The van der Waals surface area contributed by atoms with Gasteiger partial charge in [0.15, 0.2) is 11.5 Å². The predicted molar refractivity (Wildman–Crippen MR) is 137 cm³/mol. The Kier molecular flexibility index (Phi) is 9.02. The molecule has 0 amide bonds. The van der Waals surface area contributed by atoms with Gasteiger partial charge in [0, 0.05) is 12.1 Å². The normalized spacial score (nSPS) is 16.9. The summed E-state index contributed by atoms with van der Waals surface area (Å²) in [4.78, 5) is 11.0. The lowest BCUT2D eigenvalue weighted by Crippen LogP contribution is -2.48. The molecule has 1 aliphatic rings. The van der Waals surface area contributed by atoms with Crippen molar-refractivity contribution in [2.45, 2.75) is 52.2 Å². The molecule has 8 heteroatoms. The van der Waals surface area contributed by atoms with Crippen LogP contribution in [0.15, 0.2) is 42.3 Å². The first kappa shape index (κ1) is 26.8. The molecule has 0 saturated carbocycles. The number of fused-ring (bicyclic) bond motifs is 1. The highest BCUT2D eigenvalue weighted by Gasteiger charge is 2.30. The molecule has 2 aromatic carbocycles. The van der Waals surface area contributed by atoms with Crippen molar-refractivity contribution < 1.29 is 23.9 Å². The Hall–Kier alpha value is -2.78. The minimum Gasteiger partial charge on any atom is -0.493 e. The summed E-state index contributed by atoms with van der Waals surface area (Å²) in [6.07, 6.45) is 1.67. The van der Waals surface area contributed by atoms with Crippen molar-refractivity contribution in [3.8, 4) is 11.5 Å². The number of methoxy groups -OCH3 is 3. The molecule has 0 fully saturated rings. The van der Waals surface area contributed by atoms with Crippen LogP contribution in [0.25, 0.3) is 5.57 Å². The van der Waals surface area contributed by atoms with Gasteiger partial charge in [-0.3, -0.25) is 9.68 Å². The summed E-state index contributed by atoms with van der Waals surface area (Å²) < 4.78 is 16.6. The standard InChI is InChI=1S/C27H39N3O5/c1-18(26(33-7)28-34-8)20-11-9-19(10-12-20)15-23-22-17-25(32-6)24(31-5)16-21(22)13-14-30(23)29-35-27(2,3)4/h9-12,16-17,23,28-29H,13-15H2,1-8H3/b26-18-. The van der Waals surface area contributed by atoms with Crippen LogP contribution < -0.4 is 20.5 Å². The Bertz CT molecular complexity index is 1010. The Morgan fingerprint density at radius 2 is 1.66 bits per heavy atom. The number of nitrogens with zero attached hydrogens (tertiary/aromatic N) is 1. The lowest BCUT2D eigenvalue weighted by molar-refractivity contribution is -0.170. The molecule has 1 aliphatic heterocycles. The van der Waals surface area contributed by atoms with Gasteiger partial charge < -0.3 is 14.2 Å². The second kappa shape index (κ2) is 11.8. The molecule has 2 aromatic rings. The van der Waals surface area contributed by atoms with E-state index in [1.54, 1.807) is 28.4 Å². The van der Waals surface area contributed by atoms with E-state index in [9.17, 15) is 0 Å². The van der Waals surface area contributed by atoms with Crippen molar-refractivity contribution in [3.63, 3.8) is 0 Å². The summed E-state index contributed by atoms with van der Waals surface area (Å²) in [5, 5.41) is 2.17. The van der Waals surface area contributed by atoms with Gasteiger partial charge in [0.05, 0.1) is 40.1 Å². The molecule has 1 heterocycles. The lowest BCUT2D eigenvalue weighted by atomic mass is 9.89. The quantitative estimate of drug-likeness (QED) is 0.375. The largest absolute Gasteiger partial charge is 0.493 e. The van der Waals surface area contributed by atoms with Crippen LogP contribution in [0.2, 0.25) is 0 Å². The molecule has 8 nitrogen and oxygen atoms in total. The average Bonchev–Trinajstić information content (AvgIpc) is 2.85. The minimum atomic E-state index is -0.316. The van der Waals surface area contributed by atoms with Crippen LogP contribution in [0.1, 0.15) is 56.0 Å². The van der Waals surface area contributed by atoms with Gasteiger partial charge in [0.2, 0.25) is 5.88 Å². The summed E-state index contributed by atoms with van der Waals surface area (Å²) >= 11 is 0. The van der Waals surface area contributed by atoms with Crippen LogP contribution in [0, 0.1) is 0 Å². The first-order valence-electron chi connectivity index (χ1n) is 11.8. The average molecular weight is 486 g/mol. The SMILES string of the molecule is CON/C(OC)=C(\C)c1ccc(CC2c3cc(OC)c(OC)cc3CCN2NOC(C)(C)C)cc1. The van der Waals surface area contributed by atoms with Crippen molar-refractivity contribution in [1.29, 1.82) is 0 Å². The second-order valence-corrected chi connectivity index (χ2v) is 9.54. The maximum Gasteiger partial charge on any atom is 0.214 e. The monoisotopic (exact) mass is 485 g/mol. The number of ether oxygens (including phenoxy) is 3. The number of rotatable bonds is 10. The summed E-state index contributed by atoms with van der Waals surface area (Å²) in [6, 6.07) is 12.7. The van der Waals surface area contributed by atoms with Crippen LogP contribution in [0.4, 0.5) is 0 Å². The summed E-state index contributed by atoms with van der Waals surface area (Å²) in [5.41, 5.74) is 11.4. The van der Waals surface area contributed by atoms with Crippen LogP contribution >= 0.6 is 0 Å². The maximum absolute atomic E-state index is 5.95. The third-order valence-corrected chi connectivity index (χ3v) is 6.03. The minimum absolute atomic E-state index is 0.0492. The van der Waals surface area contributed by atoms with Crippen molar-refractivity contribution in [3.05, 3.63) is 64.5 Å². The topological polar surface area (TPSA) is 73.5 Å². The lowest BCUT2D eigenvalue weighted by Gasteiger charge is -2.39. The summed E-state index contributed by atoms with van der Waals surface area (Å²) in [6.45, 7) is 8.89. The zero-order valence-corrected chi connectivity index (χ0v) is 22.2. The molecule has 1 unspecified atom stereocenters. The zero-order valence-electron chi connectivity index (χ0n) is 22.2. The van der Waals surface area contributed by atoms with E-state index in [-0.39, 0.29) is 11.6 Å². The Morgan fingerprint density at radius 1 is 1.00 bits per heavy atom. The van der Waals surface area contributed by atoms with Gasteiger partial charge in [0.25, 0.3) is 0 Å². The van der Waals surface area contributed by atoms with E-state index in [4.69, 9.17) is 23.9 Å². The molecule has 0 radical (unpaired) electrons. The van der Waals surface area contributed by atoms with Gasteiger partial charge in [-0.1, -0.05) is 24.3 Å². The van der Waals surface area contributed by atoms with Gasteiger partial charge in [-0.15, -0.1) is 5.59 Å². The fourth-order valence-corrected chi connectivity index (χ4v) is 4.16. The molecular formula is C27H39N3O5. The second-order valence-electron chi connectivity index (χ2n) is 9.54. The third kappa shape index (κ3) is 6.67. The van der Waals surface area contributed by atoms with E-state index in [0.717, 1.165) is 42.0 Å². The molecule has 0 saturated heterocycles. The number of hydrogen-bond donors (Lipinski definition) is 2. The predicted octanol–water partition coefficient (Wildman–Crippen LogP) is 4.57. The van der Waals surface area contributed by atoms with Crippen molar-refractivity contribution >= 4 is 5.57 Å². The number of hydroxylamine groups is 1. The van der Waals surface area contributed by atoms with Crippen molar-refractivity contribution in [2.24, 2.45) is 0 Å². The van der Waals surface area contributed by atoms with Gasteiger partial charge >= 0.3 is 0 Å². The summed E-state index contributed by atoms with van der Waals surface area (Å²) in [5.74, 6) is 2.06. The first-order chi connectivity index (χ1) is 16.7. The molecule has 0 aliphatic carbocycles. The highest BCUT2D eigenvalue weighted by molar-refractivity contribution is 5.65. The molecule has 1 atom stereocenters. The molecule has 0 bridgehead atoms. The smallest absolute Gasteiger partial charge is 0.214 e. The van der Waals surface area contributed by atoms with E-state index < -0.39 is 0 Å². The van der Waals surface area contributed by atoms with E-state index in [1.807, 2.05) is 27.7 Å². The molecule has 35 heavy (non-hydrogen) atoms. The Balaban J connectivity index is 1.93. The van der Waals surface area contributed by atoms with Crippen LogP contribution in [0.5, 0.6) is 11.5 Å². The number of benzene rings is 2. The fourth-order valence-electron chi connectivity index (χ4n) is 4.16. The maximum atomic E-state index is 5.95. The van der Waals surface area contributed by atoms with Crippen molar-refractivity contribution in [2.75, 3.05) is 35.0 Å². The molecule has 0 aromatic heterocycles. The van der Waals surface area contributed by atoms with E-state index >= 15 is 0 Å². The highest BCUT2D eigenvalue weighted by atomic mass is 16.7. The van der Waals surface area contributed by atoms with Gasteiger partial charge in [-0.2, -0.15) is 0 Å². The molecule has 0 spiro atoms. The van der Waals surface area contributed by atoms with Gasteiger partial charge in [0.1, 0.15) is 0 Å². The molecular weight excluding hydrogens is 446 g/mol. The molecule has 3 rings (SSSR count). The van der Waals surface area contributed by atoms with Gasteiger partial charge in [-0.25, -0.2) is 10.5 Å². The first-order valence-corrected chi connectivity index (χ1v) is 11.8. The number of hydrogen-bond acceptors (Lipinski definition) is 8. The zero-order chi connectivity index (χ0) is 25.6. The molecule has 2 N–H and O–H groups in total. The van der Waals surface area contributed by atoms with Gasteiger partial charge in [-0.05, 0) is 74.9 Å². The number of nitrogens with one attached hydrogen (secondary N) is 2. The molecule has 192 valence electrons.